The van der Waals surface area contributed by atoms with E-state index < -0.39 is 10.6 Å². The first-order valence-electron chi connectivity index (χ1n) is 3.49. The molecule has 0 aliphatic rings. The summed E-state index contributed by atoms with van der Waals surface area (Å²) in [6, 6.07) is 4.40. The number of rotatable bonds is 1. The summed E-state index contributed by atoms with van der Waals surface area (Å²) >= 11 is 11.2. The van der Waals surface area contributed by atoms with Crippen molar-refractivity contribution >= 4 is 28.9 Å². The van der Waals surface area contributed by atoms with Crippen molar-refractivity contribution in [1.82, 2.24) is 0 Å². The normalized spacial score (nSPS) is 9.07. The van der Waals surface area contributed by atoms with Gasteiger partial charge in [-0.15, -0.1) is 0 Å². The topological polar surface area (TPSA) is 90.7 Å². The van der Waals surface area contributed by atoms with E-state index in [0.717, 1.165) is 6.07 Å². The zero-order chi connectivity index (χ0) is 11.6. The van der Waals surface area contributed by atoms with Crippen LogP contribution in [0.2, 0.25) is 10.0 Å². The minimum atomic E-state index is -0.827. The fourth-order valence-electron chi connectivity index (χ4n) is 0.946. The molecule has 0 aliphatic heterocycles. The molecule has 1 rings (SSSR count). The molecule has 1 aromatic rings. The number of halogens is 2. The first-order valence-corrected chi connectivity index (χ1v) is 4.25. The van der Waals surface area contributed by atoms with Gasteiger partial charge in [0.2, 0.25) is 0 Å². The van der Waals surface area contributed by atoms with Crippen LogP contribution in [0.25, 0.3) is 0 Å². The minimum absolute atomic E-state index is 0.149. The van der Waals surface area contributed by atoms with Crippen molar-refractivity contribution in [1.29, 1.82) is 10.5 Å². The smallest absolute Gasteiger partial charge is 0.258 e. The Labute approximate surface area is 94.2 Å². The van der Waals surface area contributed by atoms with E-state index in [-0.39, 0.29) is 21.2 Å². The van der Waals surface area contributed by atoms with Gasteiger partial charge in [-0.2, -0.15) is 10.5 Å². The van der Waals surface area contributed by atoms with Gasteiger partial charge in [0.15, 0.2) is 0 Å². The lowest BCUT2D eigenvalue weighted by Gasteiger charge is -2.01. The van der Waals surface area contributed by atoms with Crippen LogP contribution in [-0.4, -0.2) is 4.92 Å². The molecule has 0 unspecified atom stereocenters. The van der Waals surface area contributed by atoms with Gasteiger partial charge in [-0.25, -0.2) is 0 Å². The predicted octanol–water partition coefficient (Wildman–Crippen LogP) is 2.64. The highest BCUT2D eigenvalue weighted by Gasteiger charge is 2.24. The number of nitrogens with zero attached hydrogens (tertiary/aromatic N) is 3. The van der Waals surface area contributed by atoms with Crippen LogP contribution in [-0.2, 0) is 0 Å². The van der Waals surface area contributed by atoms with Crippen LogP contribution >= 0.6 is 23.2 Å². The fraction of sp³-hybridized carbons (Fsp3) is 0. The van der Waals surface area contributed by atoms with E-state index in [1.807, 2.05) is 0 Å². The average molecular weight is 242 g/mol. The lowest BCUT2D eigenvalue weighted by molar-refractivity contribution is -0.384. The van der Waals surface area contributed by atoms with Gasteiger partial charge in [0.05, 0.1) is 16.1 Å². The molecule has 0 N–H and O–H groups in total. The second kappa shape index (κ2) is 4.14. The largest absolute Gasteiger partial charge is 0.309 e. The molecule has 0 fully saturated rings. The van der Waals surface area contributed by atoms with Crippen LogP contribution in [0, 0.1) is 32.8 Å². The van der Waals surface area contributed by atoms with Crippen molar-refractivity contribution in [2.45, 2.75) is 0 Å². The van der Waals surface area contributed by atoms with Crippen LogP contribution in [0.5, 0.6) is 0 Å². The Kier molecular flexibility index (Phi) is 3.11. The van der Waals surface area contributed by atoms with Crippen molar-refractivity contribution in [3.8, 4) is 12.1 Å². The van der Waals surface area contributed by atoms with Gasteiger partial charge in [-0.1, -0.05) is 23.2 Å². The van der Waals surface area contributed by atoms with Crippen LogP contribution < -0.4 is 0 Å². The number of nitro benzene ring substituents is 1. The van der Waals surface area contributed by atoms with E-state index >= 15 is 0 Å². The third-order valence-electron chi connectivity index (χ3n) is 1.60. The van der Waals surface area contributed by atoms with E-state index in [2.05, 4.69) is 0 Å². The molecule has 1 aromatic carbocycles. The van der Waals surface area contributed by atoms with Gasteiger partial charge in [-0.05, 0) is 6.07 Å². The van der Waals surface area contributed by atoms with E-state index in [1.165, 1.54) is 0 Å². The molecule has 0 spiro atoms. The van der Waals surface area contributed by atoms with E-state index in [9.17, 15) is 10.1 Å². The first kappa shape index (κ1) is 11.3. The zero-order valence-corrected chi connectivity index (χ0v) is 8.50. The van der Waals surface area contributed by atoms with Gasteiger partial charge >= 0.3 is 5.69 Å². The second-order valence-corrected chi connectivity index (χ2v) is 3.18. The summed E-state index contributed by atoms with van der Waals surface area (Å²) in [5, 5.41) is 27.1. The number of nitro groups is 1. The molecule has 0 bridgehead atoms. The number of hydrogen-bond acceptors (Lipinski definition) is 4. The molecule has 0 amide bonds. The van der Waals surface area contributed by atoms with Crippen molar-refractivity contribution in [2.75, 3.05) is 0 Å². The molecule has 15 heavy (non-hydrogen) atoms. The van der Waals surface area contributed by atoms with Crippen LogP contribution in [0.15, 0.2) is 6.07 Å². The lowest BCUT2D eigenvalue weighted by Crippen LogP contribution is -1.95. The van der Waals surface area contributed by atoms with E-state index in [0.29, 0.717) is 0 Å². The second-order valence-electron chi connectivity index (χ2n) is 2.43. The summed E-state index contributed by atoms with van der Waals surface area (Å²) in [6.07, 6.45) is 0. The summed E-state index contributed by atoms with van der Waals surface area (Å²) in [4.78, 5) is 9.77. The summed E-state index contributed by atoms with van der Waals surface area (Å²) < 4.78 is 0. The Bertz CT molecular complexity index is 490. The number of hydrogen-bond donors (Lipinski definition) is 0. The first-order chi connectivity index (χ1) is 7.02. The fourth-order valence-corrected chi connectivity index (χ4v) is 1.51. The van der Waals surface area contributed by atoms with Crippen molar-refractivity contribution in [3.63, 3.8) is 0 Å². The maximum absolute atomic E-state index is 10.6. The molecule has 0 heterocycles. The Morgan fingerprint density at radius 1 is 1.20 bits per heavy atom. The Balaban J connectivity index is 3.72. The lowest BCUT2D eigenvalue weighted by atomic mass is 10.1. The quantitative estimate of drug-likeness (QED) is 0.558. The van der Waals surface area contributed by atoms with Crippen LogP contribution in [0.1, 0.15) is 11.1 Å². The highest BCUT2D eigenvalue weighted by molar-refractivity contribution is 6.39. The Morgan fingerprint density at radius 2 is 1.60 bits per heavy atom. The van der Waals surface area contributed by atoms with E-state index in [1.54, 1.807) is 12.1 Å². The molecular weight excluding hydrogens is 241 g/mol. The SMILES string of the molecule is N#Cc1cc(C#N)c(Cl)c([N+](=O)[O-])c1Cl. The third kappa shape index (κ3) is 1.84. The number of nitriles is 2. The minimum Gasteiger partial charge on any atom is -0.258 e. The highest BCUT2D eigenvalue weighted by atomic mass is 35.5. The molecule has 0 aliphatic carbocycles. The van der Waals surface area contributed by atoms with Crippen LogP contribution in [0.3, 0.4) is 0 Å². The molecule has 0 aromatic heterocycles. The third-order valence-corrected chi connectivity index (χ3v) is 2.37. The van der Waals surface area contributed by atoms with Crippen molar-refractivity contribution in [2.24, 2.45) is 0 Å². The average Bonchev–Trinajstić information content (AvgIpc) is 2.18. The van der Waals surface area contributed by atoms with E-state index in [4.69, 9.17) is 33.7 Å². The standard InChI is InChI=1S/C8HCl2N3O2/c9-6-4(2-11)1-5(3-12)7(10)8(6)13(14)15/h1H. The maximum atomic E-state index is 10.6. The van der Waals surface area contributed by atoms with Crippen molar-refractivity contribution < 1.29 is 4.92 Å². The molecule has 0 saturated carbocycles. The van der Waals surface area contributed by atoms with Gasteiger partial charge < -0.3 is 0 Å². The van der Waals surface area contributed by atoms with Gasteiger partial charge in [0.25, 0.3) is 0 Å². The van der Waals surface area contributed by atoms with Crippen LogP contribution in [0.4, 0.5) is 5.69 Å². The summed E-state index contributed by atoms with van der Waals surface area (Å²) in [7, 11) is 0. The summed E-state index contributed by atoms with van der Waals surface area (Å²) in [5.74, 6) is 0. The monoisotopic (exact) mass is 241 g/mol. The molecule has 74 valence electrons. The molecule has 5 nitrogen and oxygen atoms in total. The number of benzene rings is 1. The van der Waals surface area contributed by atoms with Gasteiger partial charge in [-0.3, -0.25) is 10.1 Å². The predicted molar refractivity (Wildman–Crippen MR) is 52.5 cm³/mol. The summed E-state index contributed by atoms with van der Waals surface area (Å²) in [6.45, 7) is 0. The molecule has 0 radical (unpaired) electrons. The Morgan fingerprint density at radius 3 is 1.87 bits per heavy atom. The maximum Gasteiger partial charge on any atom is 0.309 e. The van der Waals surface area contributed by atoms with Gasteiger partial charge in [0, 0.05) is 0 Å². The highest BCUT2D eigenvalue weighted by Crippen LogP contribution is 2.37. The van der Waals surface area contributed by atoms with Crippen molar-refractivity contribution in [3.05, 3.63) is 37.4 Å². The molecule has 0 atom stereocenters. The zero-order valence-electron chi connectivity index (χ0n) is 6.99. The molecule has 7 heteroatoms. The van der Waals surface area contributed by atoms with Gasteiger partial charge in [0.1, 0.15) is 22.2 Å². The Hall–Kier alpha value is -1.82. The molecular formula is C8HCl2N3O2. The summed E-state index contributed by atoms with van der Waals surface area (Å²) in [5.41, 5.74) is -0.914. The molecule has 0 saturated heterocycles.